The Morgan fingerprint density at radius 2 is 1.51 bits per heavy atom. The smallest absolute Gasteiger partial charge is 0.264 e. The van der Waals surface area contributed by atoms with Gasteiger partial charge in [-0.15, -0.1) is 0 Å². The maximum atomic E-state index is 13.8. The van der Waals surface area contributed by atoms with Crippen LogP contribution in [0.2, 0.25) is 5.02 Å². The Labute approximate surface area is 224 Å². The van der Waals surface area contributed by atoms with Crippen molar-refractivity contribution < 1.29 is 18.0 Å². The van der Waals surface area contributed by atoms with Gasteiger partial charge in [-0.2, -0.15) is 0 Å². The standard InChI is InChI=1S/C28H32ClN3O4S/c1-3-4-19-30-28(34)22(2)31(20-23-13-7-5-8-14-23)27(33)21-32(26-18-12-11-17-25(26)29)37(35,36)24-15-9-6-10-16-24/h5-18,22H,3-4,19-21H2,1-2H3,(H,30,34)/t22-/m0/s1. The molecule has 0 bridgehead atoms. The van der Waals surface area contributed by atoms with Crippen molar-refractivity contribution in [3.8, 4) is 0 Å². The minimum absolute atomic E-state index is 0.0303. The molecule has 196 valence electrons. The van der Waals surface area contributed by atoms with Crippen LogP contribution in [0.25, 0.3) is 0 Å². The topological polar surface area (TPSA) is 86.8 Å². The molecule has 0 fully saturated rings. The average Bonchev–Trinajstić information content (AvgIpc) is 2.91. The molecule has 0 aliphatic carbocycles. The molecule has 3 aromatic carbocycles. The minimum atomic E-state index is -4.14. The summed E-state index contributed by atoms with van der Waals surface area (Å²) in [4.78, 5) is 28.2. The van der Waals surface area contributed by atoms with Crippen molar-refractivity contribution in [3.05, 3.63) is 95.5 Å². The predicted molar refractivity (Wildman–Crippen MR) is 147 cm³/mol. The molecule has 0 aliphatic rings. The lowest BCUT2D eigenvalue weighted by atomic mass is 10.1. The zero-order valence-electron chi connectivity index (χ0n) is 21.0. The lowest BCUT2D eigenvalue weighted by molar-refractivity contribution is -0.139. The number of halogens is 1. The Balaban J connectivity index is 1.98. The molecule has 0 aliphatic heterocycles. The number of hydrogen-bond donors (Lipinski definition) is 1. The number of anilines is 1. The van der Waals surface area contributed by atoms with Crippen molar-refractivity contribution in [1.82, 2.24) is 10.2 Å². The second-order valence-electron chi connectivity index (χ2n) is 8.60. The van der Waals surface area contributed by atoms with Gasteiger partial charge < -0.3 is 10.2 Å². The highest BCUT2D eigenvalue weighted by atomic mass is 35.5. The highest BCUT2D eigenvalue weighted by Gasteiger charge is 2.33. The molecule has 0 radical (unpaired) electrons. The van der Waals surface area contributed by atoms with Crippen LogP contribution in [0.15, 0.2) is 89.8 Å². The van der Waals surface area contributed by atoms with E-state index in [1.54, 1.807) is 49.4 Å². The van der Waals surface area contributed by atoms with Gasteiger partial charge in [0.1, 0.15) is 12.6 Å². The first kappa shape index (κ1) is 28.2. The summed E-state index contributed by atoms with van der Waals surface area (Å²) in [6, 6.07) is 22.8. The van der Waals surface area contributed by atoms with Gasteiger partial charge in [0, 0.05) is 13.1 Å². The van der Waals surface area contributed by atoms with Crippen molar-refractivity contribution in [2.45, 2.75) is 44.2 Å². The third kappa shape index (κ3) is 7.33. The fraction of sp³-hybridized carbons (Fsp3) is 0.286. The molecule has 0 saturated carbocycles. The molecular weight excluding hydrogens is 510 g/mol. The molecule has 0 aromatic heterocycles. The number of sulfonamides is 1. The SMILES string of the molecule is CCCCNC(=O)[C@H](C)N(Cc1ccccc1)C(=O)CN(c1ccccc1Cl)S(=O)(=O)c1ccccc1. The number of carbonyl (C=O) groups is 2. The minimum Gasteiger partial charge on any atom is -0.354 e. The highest BCUT2D eigenvalue weighted by molar-refractivity contribution is 7.92. The largest absolute Gasteiger partial charge is 0.354 e. The number of nitrogens with zero attached hydrogens (tertiary/aromatic N) is 2. The molecule has 1 N–H and O–H groups in total. The van der Waals surface area contributed by atoms with Crippen LogP contribution in [0, 0.1) is 0 Å². The number of nitrogens with one attached hydrogen (secondary N) is 1. The van der Waals surface area contributed by atoms with Crippen LogP contribution >= 0.6 is 11.6 Å². The zero-order chi connectivity index (χ0) is 26.8. The first-order valence-corrected chi connectivity index (χ1v) is 14.0. The fourth-order valence-electron chi connectivity index (χ4n) is 3.79. The Bertz CT molecular complexity index is 1290. The molecule has 0 unspecified atom stereocenters. The van der Waals surface area contributed by atoms with Crippen LogP contribution in [-0.2, 0) is 26.2 Å². The van der Waals surface area contributed by atoms with Crippen molar-refractivity contribution in [2.75, 3.05) is 17.4 Å². The van der Waals surface area contributed by atoms with Crippen molar-refractivity contribution >= 4 is 39.1 Å². The van der Waals surface area contributed by atoms with Crippen molar-refractivity contribution in [3.63, 3.8) is 0 Å². The van der Waals surface area contributed by atoms with E-state index in [2.05, 4.69) is 5.32 Å². The Morgan fingerprint density at radius 3 is 2.14 bits per heavy atom. The van der Waals surface area contributed by atoms with Gasteiger partial charge in [0.25, 0.3) is 10.0 Å². The predicted octanol–water partition coefficient (Wildman–Crippen LogP) is 4.87. The van der Waals surface area contributed by atoms with E-state index in [1.165, 1.54) is 17.0 Å². The van der Waals surface area contributed by atoms with Crippen LogP contribution in [-0.4, -0.2) is 44.3 Å². The second kappa shape index (κ2) is 13.3. The Hall–Kier alpha value is -3.36. The molecule has 2 amide bonds. The molecule has 37 heavy (non-hydrogen) atoms. The van der Waals surface area contributed by atoms with Gasteiger partial charge >= 0.3 is 0 Å². The third-order valence-corrected chi connectivity index (χ3v) is 8.02. The van der Waals surface area contributed by atoms with Gasteiger partial charge in [-0.25, -0.2) is 8.42 Å². The van der Waals surface area contributed by atoms with E-state index in [0.717, 1.165) is 22.7 Å². The van der Waals surface area contributed by atoms with Gasteiger partial charge in [0.05, 0.1) is 15.6 Å². The molecular formula is C28H32ClN3O4S. The molecule has 0 spiro atoms. The van der Waals surface area contributed by atoms with Crippen molar-refractivity contribution in [2.24, 2.45) is 0 Å². The van der Waals surface area contributed by atoms with E-state index in [0.29, 0.717) is 6.54 Å². The maximum Gasteiger partial charge on any atom is 0.264 e. The first-order valence-electron chi connectivity index (χ1n) is 12.2. The molecule has 9 heteroatoms. The number of para-hydroxylation sites is 1. The number of rotatable bonds is 12. The highest BCUT2D eigenvalue weighted by Crippen LogP contribution is 2.30. The average molecular weight is 542 g/mol. The van der Waals surface area contributed by atoms with Gasteiger partial charge in [-0.05, 0) is 43.2 Å². The second-order valence-corrected chi connectivity index (χ2v) is 10.9. The zero-order valence-corrected chi connectivity index (χ0v) is 22.6. The van der Waals surface area contributed by atoms with Crippen LogP contribution in [0.1, 0.15) is 32.3 Å². The lowest BCUT2D eigenvalue weighted by Gasteiger charge is -2.32. The molecule has 3 aromatic rings. The van der Waals surface area contributed by atoms with Crippen LogP contribution < -0.4 is 9.62 Å². The number of hydrogen-bond acceptors (Lipinski definition) is 4. The Morgan fingerprint density at radius 1 is 0.919 bits per heavy atom. The number of amides is 2. The van der Waals surface area contributed by atoms with Gasteiger partial charge in [0.2, 0.25) is 11.8 Å². The molecule has 3 rings (SSSR count). The summed E-state index contributed by atoms with van der Waals surface area (Å²) < 4.78 is 28.4. The van der Waals surface area contributed by atoms with E-state index in [1.807, 2.05) is 37.3 Å². The third-order valence-electron chi connectivity index (χ3n) is 5.92. The summed E-state index contributed by atoms with van der Waals surface area (Å²) in [5.74, 6) is -0.825. The summed E-state index contributed by atoms with van der Waals surface area (Å²) in [7, 11) is -4.14. The molecule has 1 atom stereocenters. The summed E-state index contributed by atoms with van der Waals surface area (Å²) in [6.45, 7) is 3.79. The van der Waals surface area contributed by atoms with Crippen LogP contribution in [0.5, 0.6) is 0 Å². The first-order chi connectivity index (χ1) is 17.8. The van der Waals surface area contributed by atoms with Crippen molar-refractivity contribution in [1.29, 1.82) is 0 Å². The monoisotopic (exact) mass is 541 g/mol. The van der Waals surface area contributed by atoms with Gasteiger partial charge in [0.15, 0.2) is 0 Å². The van der Waals surface area contributed by atoms with Gasteiger partial charge in [-0.3, -0.25) is 13.9 Å². The number of benzene rings is 3. The van der Waals surface area contributed by atoms with Crippen LogP contribution in [0.4, 0.5) is 5.69 Å². The molecule has 0 heterocycles. The lowest BCUT2D eigenvalue weighted by Crippen LogP contribution is -2.51. The molecule has 7 nitrogen and oxygen atoms in total. The van der Waals surface area contributed by atoms with Gasteiger partial charge in [-0.1, -0.05) is 85.6 Å². The van der Waals surface area contributed by atoms with E-state index in [4.69, 9.17) is 11.6 Å². The van der Waals surface area contributed by atoms with Crippen LogP contribution in [0.3, 0.4) is 0 Å². The summed E-state index contributed by atoms with van der Waals surface area (Å²) in [5.41, 5.74) is 1.00. The number of carbonyl (C=O) groups excluding carboxylic acids is 2. The molecule has 0 saturated heterocycles. The summed E-state index contributed by atoms with van der Waals surface area (Å²) in [5, 5.41) is 3.06. The Kier molecular flexibility index (Phi) is 10.1. The fourth-order valence-corrected chi connectivity index (χ4v) is 5.53. The normalized spacial score (nSPS) is 12.0. The van der Waals surface area contributed by atoms with E-state index < -0.39 is 28.5 Å². The summed E-state index contributed by atoms with van der Waals surface area (Å²) >= 11 is 6.39. The quantitative estimate of drug-likeness (QED) is 0.331. The van der Waals surface area contributed by atoms with E-state index in [-0.39, 0.29) is 28.1 Å². The maximum absolute atomic E-state index is 13.8. The van der Waals surface area contributed by atoms with E-state index in [9.17, 15) is 18.0 Å². The summed E-state index contributed by atoms with van der Waals surface area (Å²) in [6.07, 6.45) is 1.74. The number of unbranched alkanes of at least 4 members (excludes halogenated alkanes) is 1. The van der Waals surface area contributed by atoms with E-state index >= 15 is 0 Å².